The van der Waals surface area contributed by atoms with E-state index in [0.29, 0.717) is 5.69 Å². The van der Waals surface area contributed by atoms with Gasteiger partial charge in [-0.2, -0.15) is 0 Å². The smallest absolute Gasteiger partial charge is 0.234 e. The molecule has 0 atom stereocenters. The molecular weight excluding hydrogens is 334 g/mol. The first-order chi connectivity index (χ1) is 10.9. The van der Waals surface area contributed by atoms with Crippen LogP contribution >= 0.6 is 23.4 Å². The first kappa shape index (κ1) is 17.7. The van der Waals surface area contributed by atoms with Gasteiger partial charge < -0.3 is 9.88 Å². The number of aromatic nitrogens is 4. The van der Waals surface area contributed by atoms with Crippen molar-refractivity contribution >= 4 is 35.0 Å². The number of hydrogen-bond donors (Lipinski definition) is 1. The number of carbonyl (C=O) groups is 1. The van der Waals surface area contributed by atoms with Gasteiger partial charge in [-0.25, -0.2) is 4.98 Å². The summed E-state index contributed by atoms with van der Waals surface area (Å²) in [5.74, 6) is 1.28. The van der Waals surface area contributed by atoms with Gasteiger partial charge in [0.1, 0.15) is 5.82 Å². The molecular formula is C15H20ClN5OS. The van der Waals surface area contributed by atoms with Gasteiger partial charge in [-0.1, -0.05) is 37.2 Å². The molecule has 0 radical (unpaired) electrons. The molecule has 6 nitrogen and oxygen atoms in total. The molecule has 23 heavy (non-hydrogen) atoms. The standard InChI is InChI=1S/C15H20ClN5OS/c1-9(2)14-19-20-15(21(14)10(3)4)23-8-12(22)18-11-6-5-7-17-13(11)16/h5-7,9-10H,8H2,1-4H3,(H,18,22). The Morgan fingerprint density at radius 3 is 2.70 bits per heavy atom. The Morgan fingerprint density at radius 2 is 2.09 bits per heavy atom. The summed E-state index contributed by atoms with van der Waals surface area (Å²) < 4.78 is 2.07. The van der Waals surface area contributed by atoms with Gasteiger partial charge in [0.15, 0.2) is 10.3 Å². The Labute approximate surface area is 145 Å². The van der Waals surface area contributed by atoms with E-state index >= 15 is 0 Å². The molecule has 0 aliphatic carbocycles. The van der Waals surface area contributed by atoms with Crippen LogP contribution < -0.4 is 5.32 Å². The second kappa shape index (κ2) is 7.79. The van der Waals surface area contributed by atoms with Crippen molar-refractivity contribution in [1.82, 2.24) is 19.7 Å². The number of thioether (sulfide) groups is 1. The zero-order chi connectivity index (χ0) is 17.0. The summed E-state index contributed by atoms with van der Waals surface area (Å²) in [7, 11) is 0. The van der Waals surface area contributed by atoms with Crippen molar-refractivity contribution in [2.45, 2.75) is 44.8 Å². The topological polar surface area (TPSA) is 72.7 Å². The number of anilines is 1. The molecule has 1 N–H and O–H groups in total. The lowest BCUT2D eigenvalue weighted by Gasteiger charge is -2.15. The van der Waals surface area contributed by atoms with Crippen molar-refractivity contribution < 1.29 is 4.79 Å². The van der Waals surface area contributed by atoms with Crippen LogP contribution in [0.4, 0.5) is 5.69 Å². The fourth-order valence-corrected chi connectivity index (χ4v) is 3.10. The van der Waals surface area contributed by atoms with Gasteiger partial charge in [0.2, 0.25) is 5.91 Å². The van der Waals surface area contributed by atoms with Gasteiger partial charge in [0.25, 0.3) is 0 Å². The lowest BCUT2D eigenvalue weighted by molar-refractivity contribution is -0.113. The van der Waals surface area contributed by atoms with Crippen molar-refractivity contribution in [2.24, 2.45) is 0 Å². The third kappa shape index (κ3) is 4.45. The van der Waals surface area contributed by atoms with Gasteiger partial charge >= 0.3 is 0 Å². The number of amides is 1. The molecule has 2 aromatic heterocycles. The van der Waals surface area contributed by atoms with Gasteiger partial charge in [-0.05, 0) is 26.0 Å². The van der Waals surface area contributed by atoms with Crippen LogP contribution in [0.2, 0.25) is 5.15 Å². The molecule has 0 aliphatic rings. The Kier molecular flexibility index (Phi) is 6.01. The zero-order valence-electron chi connectivity index (χ0n) is 13.6. The minimum atomic E-state index is -0.158. The highest BCUT2D eigenvalue weighted by atomic mass is 35.5. The third-order valence-corrected chi connectivity index (χ3v) is 4.33. The molecule has 1 amide bonds. The first-order valence-corrected chi connectivity index (χ1v) is 8.74. The summed E-state index contributed by atoms with van der Waals surface area (Å²) in [5.41, 5.74) is 0.507. The van der Waals surface area contributed by atoms with Crippen molar-refractivity contribution in [2.75, 3.05) is 11.1 Å². The van der Waals surface area contributed by atoms with Crippen LogP contribution in [0.3, 0.4) is 0 Å². The average Bonchev–Trinajstić information content (AvgIpc) is 2.92. The SMILES string of the molecule is CC(C)c1nnc(SCC(=O)Nc2cccnc2Cl)n1C(C)C. The Morgan fingerprint density at radius 1 is 1.35 bits per heavy atom. The van der Waals surface area contributed by atoms with Crippen molar-refractivity contribution in [3.8, 4) is 0 Å². The average molecular weight is 354 g/mol. The van der Waals surface area contributed by atoms with E-state index in [9.17, 15) is 4.79 Å². The number of carbonyl (C=O) groups excluding carboxylic acids is 1. The minimum absolute atomic E-state index is 0.158. The van der Waals surface area contributed by atoms with Crippen LogP contribution in [0.5, 0.6) is 0 Å². The summed E-state index contributed by atoms with van der Waals surface area (Å²) in [5, 5.41) is 12.2. The van der Waals surface area contributed by atoms with E-state index in [2.05, 4.69) is 52.8 Å². The van der Waals surface area contributed by atoms with Gasteiger partial charge in [0.05, 0.1) is 11.4 Å². The Balaban J connectivity index is 2.03. The lowest BCUT2D eigenvalue weighted by atomic mass is 10.2. The summed E-state index contributed by atoms with van der Waals surface area (Å²) in [6, 6.07) is 3.67. The maximum atomic E-state index is 12.1. The maximum absolute atomic E-state index is 12.1. The highest BCUT2D eigenvalue weighted by Crippen LogP contribution is 2.25. The van der Waals surface area contributed by atoms with E-state index in [4.69, 9.17) is 11.6 Å². The van der Waals surface area contributed by atoms with E-state index in [0.717, 1.165) is 11.0 Å². The quantitative estimate of drug-likeness (QED) is 0.632. The Bertz CT molecular complexity index is 686. The number of rotatable bonds is 6. The molecule has 0 aromatic carbocycles. The minimum Gasteiger partial charge on any atom is -0.323 e. The predicted molar refractivity (Wildman–Crippen MR) is 93.1 cm³/mol. The Hall–Kier alpha value is -1.60. The second-order valence-electron chi connectivity index (χ2n) is 5.64. The second-order valence-corrected chi connectivity index (χ2v) is 6.94. The lowest BCUT2D eigenvalue weighted by Crippen LogP contribution is -2.16. The number of nitrogens with zero attached hydrogens (tertiary/aromatic N) is 4. The zero-order valence-corrected chi connectivity index (χ0v) is 15.1. The molecule has 2 heterocycles. The number of halogens is 1. The molecule has 0 saturated heterocycles. The highest BCUT2D eigenvalue weighted by molar-refractivity contribution is 7.99. The van der Waals surface area contributed by atoms with Gasteiger partial charge in [0, 0.05) is 18.2 Å². The van der Waals surface area contributed by atoms with Gasteiger partial charge in [-0.3, -0.25) is 4.79 Å². The maximum Gasteiger partial charge on any atom is 0.234 e. The van der Waals surface area contributed by atoms with E-state index in [1.165, 1.54) is 11.8 Å². The van der Waals surface area contributed by atoms with E-state index in [1.54, 1.807) is 18.3 Å². The molecule has 2 rings (SSSR count). The molecule has 2 aromatic rings. The fraction of sp³-hybridized carbons (Fsp3) is 0.467. The molecule has 8 heteroatoms. The van der Waals surface area contributed by atoms with Crippen LogP contribution in [0.25, 0.3) is 0 Å². The highest BCUT2D eigenvalue weighted by Gasteiger charge is 2.18. The molecule has 0 bridgehead atoms. The van der Waals surface area contributed by atoms with E-state index < -0.39 is 0 Å². The number of pyridine rings is 1. The van der Waals surface area contributed by atoms with Crippen LogP contribution in [-0.4, -0.2) is 31.4 Å². The van der Waals surface area contributed by atoms with Crippen LogP contribution in [0.1, 0.15) is 45.5 Å². The monoisotopic (exact) mass is 353 g/mol. The molecule has 0 spiro atoms. The van der Waals surface area contributed by atoms with E-state index in [-0.39, 0.29) is 28.8 Å². The molecule has 124 valence electrons. The van der Waals surface area contributed by atoms with Crippen LogP contribution in [0, 0.1) is 0 Å². The first-order valence-electron chi connectivity index (χ1n) is 7.38. The van der Waals surface area contributed by atoms with Crippen molar-refractivity contribution in [1.29, 1.82) is 0 Å². The van der Waals surface area contributed by atoms with Crippen LogP contribution in [-0.2, 0) is 4.79 Å². The largest absolute Gasteiger partial charge is 0.323 e. The van der Waals surface area contributed by atoms with E-state index in [1.807, 2.05) is 0 Å². The summed E-state index contributed by atoms with van der Waals surface area (Å²) in [6.07, 6.45) is 1.57. The van der Waals surface area contributed by atoms with Crippen molar-refractivity contribution in [3.63, 3.8) is 0 Å². The summed E-state index contributed by atoms with van der Waals surface area (Å²) in [6.45, 7) is 8.31. The summed E-state index contributed by atoms with van der Waals surface area (Å²) >= 11 is 7.29. The van der Waals surface area contributed by atoms with Crippen LogP contribution in [0.15, 0.2) is 23.5 Å². The molecule has 0 saturated carbocycles. The fourth-order valence-electron chi connectivity index (χ4n) is 2.06. The summed E-state index contributed by atoms with van der Waals surface area (Å²) in [4.78, 5) is 16.0. The van der Waals surface area contributed by atoms with Gasteiger partial charge in [-0.15, -0.1) is 10.2 Å². The number of nitrogens with one attached hydrogen (secondary N) is 1. The molecule has 0 aliphatic heterocycles. The predicted octanol–water partition coefficient (Wildman–Crippen LogP) is 3.76. The third-order valence-electron chi connectivity index (χ3n) is 3.09. The number of hydrogen-bond acceptors (Lipinski definition) is 5. The molecule has 0 fully saturated rings. The molecule has 0 unspecified atom stereocenters. The van der Waals surface area contributed by atoms with Crippen molar-refractivity contribution in [3.05, 3.63) is 29.3 Å². The normalized spacial score (nSPS) is 11.3.